The van der Waals surface area contributed by atoms with Crippen LogP contribution >= 0.6 is 0 Å². The lowest BCUT2D eigenvalue weighted by Gasteiger charge is -2.13. The first-order chi connectivity index (χ1) is 12.6. The Morgan fingerprint density at radius 3 is 2.07 bits per heavy atom. The molecule has 27 heavy (non-hydrogen) atoms. The van der Waals surface area contributed by atoms with Gasteiger partial charge in [0, 0.05) is 26.7 Å². The molecule has 10 heteroatoms. The maximum absolute atomic E-state index is 12.6. The second-order valence-corrected chi connectivity index (χ2v) is 9.66. The van der Waals surface area contributed by atoms with E-state index in [9.17, 15) is 16.8 Å². The Labute approximate surface area is 159 Å². The highest BCUT2D eigenvalue weighted by Gasteiger charge is 2.21. The molecule has 148 valence electrons. The average molecular weight is 415 g/mol. The van der Waals surface area contributed by atoms with Gasteiger partial charge in [-0.3, -0.25) is 0 Å². The minimum absolute atomic E-state index is 0.00894. The third-order valence-corrected chi connectivity index (χ3v) is 7.08. The summed E-state index contributed by atoms with van der Waals surface area (Å²) in [6, 6.07) is 10.5. The van der Waals surface area contributed by atoms with E-state index in [0.29, 0.717) is 11.3 Å². The van der Waals surface area contributed by atoms with Crippen LogP contribution < -0.4 is 14.2 Å². The van der Waals surface area contributed by atoms with Crippen molar-refractivity contribution in [3.63, 3.8) is 0 Å². The molecule has 2 aromatic rings. The zero-order valence-corrected chi connectivity index (χ0v) is 17.1. The Kier molecular flexibility index (Phi) is 6.47. The SMILES string of the molecule is COc1ccc(OC)c(S(=O)(=O)NCc2ccc(S(=O)(=O)N(C)C)cc2)c1. The first-order valence-corrected chi connectivity index (χ1v) is 10.8. The Hall–Kier alpha value is -2.14. The minimum atomic E-state index is -3.87. The fourth-order valence-electron chi connectivity index (χ4n) is 2.24. The molecule has 0 aromatic heterocycles. The van der Waals surface area contributed by atoms with Crippen molar-refractivity contribution in [1.29, 1.82) is 0 Å². The van der Waals surface area contributed by atoms with Crippen molar-refractivity contribution in [3.05, 3.63) is 48.0 Å². The third kappa shape index (κ3) is 4.78. The van der Waals surface area contributed by atoms with Gasteiger partial charge in [-0.25, -0.2) is 25.9 Å². The van der Waals surface area contributed by atoms with E-state index in [2.05, 4.69) is 4.72 Å². The summed E-state index contributed by atoms with van der Waals surface area (Å²) in [7, 11) is -1.69. The first-order valence-electron chi connectivity index (χ1n) is 7.85. The van der Waals surface area contributed by atoms with Gasteiger partial charge in [0.15, 0.2) is 0 Å². The molecule has 0 spiro atoms. The number of benzene rings is 2. The Morgan fingerprint density at radius 1 is 0.926 bits per heavy atom. The summed E-state index contributed by atoms with van der Waals surface area (Å²) in [4.78, 5) is 0.0877. The van der Waals surface area contributed by atoms with Crippen LogP contribution in [0.2, 0.25) is 0 Å². The van der Waals surface area contributed by atoms with E-state index < -0.39 is 20.0 Å². The van der Waals surface area contributed by atoms with Crippen LogP contribution in [0.15, 0.2) is 52.3 Å². The van der Waals surface area contributed by atoms with Gasteiger partial charge in [0.25, 0.3) is 0 Å². The molecule has 0 amide bonds. The van der Waals surface area contributed by atoms with Gasteiger partial charge in [-0.15, -0.1) is 0 Å². The van der Waals surface area contributed by atoms with Crippen LogP contribution in [0.25, 0.3) is 0 Å². The van der Waals surface area contributed by atoms with Crippen LogP contribution in [0.1, 0.15) is 5.56 Å². The summed E-state index contributed by atoms with van der Waals surface area (Å²) in [5.74, 6) is 0.574. The summed E-state index contributed by atoms with van der Waals surface area (Å²) in [5, 5.41) is 0. The highest BCUT2D eigenvalue weighted by Crippen LogP contribution is 2.28. The number of nitrogens with one attached hydrogen (secondary N) is 1. The van der Waals surface area contributed by atoms with Gasteiger partial charge in [0.2, 0.25) is 20.0 Å². The highest BCUT2D eigenvalue weighted by atomic mass is 32.2. The summed E-state index contributed by atoms with van der Waals surface area (Å²) >= 11 is 0. The molecule has 0 atom stereocenters. The molecule has 0 heterocycles. The van der Waals surface area contributed by atoms with Crippen LogP contribution in [0.3, 0.4) is 0 Å². The average Bonchev–Trinajstić information content (AvgIpc) is 2.66. The summed E-state index contributed by atoms with van der Waals surface area (Å²) in [6.07, 6.45) is 0. The van der Waals surface area contributed by atoms with Crippen molar-refractivity contribution in [2.24, 2.45) is 0 Å². The van der Waals surface area contributed by atoms with Crippen LogP contribution in [0, 0.1) is 0 Å². The Balaban J connectivity index is 2.21. The van der Waals surface area contributed by atoms with E-state index in [1.165, 1.54) is 52.6 Å². The van der Waals surface area contributed by atoms with Crippen molar-refractivity contribution in [1.82, 2.24) is 9.03 Å². The molecule has 0 radical (unpaired) electrons. The van der Waals surface area contributed by atoms with E-state index >= 15 is 0 Å². The van der Waals surface area contributed by atoms with E-state index in [1.807, 2.05) is 0 Å². The molecule has 0 aliphatic heterocycles. The molecular weight excluding hydrogens is 392 g/mol. The molecule has 0 saturated carbocycles. The Morgan fingerprint density at radius 2 is 1.56 bits per heavy atom. The lowest BCUT2D eigenvalue weighted by molar-refractivity contribution is 0.392. The predicted molar refractivity (Wildman–Crippen MR) is 101 cm³/mol. The number of sulfonamides is 2. The van der Waals surface area contributed by atoms with Crippen LogP contribution in [-0.4, -0.2) is 49.5 Å². The van der Waals surface area contributed by atoms with Gasteiger partial charge in [-0.2, -0.15) is 0 Å². The topological polar surface area (TPSA) is 102 Å². The smallest absolute Gasteiger partial charge is 0.244 e. The van der Waals surface area contributed by atoms with Gasteiger partial charge in [-0.1, -0.05) is 12.1 Å². The number of nitrogens with zero attached hydrogens (tertiary/aromatic N) is 1. The van der Waals surface area contributed by atoms with Gasteiger partial charge in [0.1, 0.15) is 16.4 Å². The highest BCUT2D eigenvalue weighted by molar-refractivity contribution is 7.89. The summed E-state index contributed by atoms with van der Waals surface area (Å²) in [6.45, 7) is -0.00894. The maximum Gasteiger partial charge on any atom is 0.244 e. The van der Waals surface area contributed by atoms with E-state index in [4.69, 9.17) is 9.47 Å². The van der Waals surface area contributed by atoms with E-state index in [1.54, 1.807) is 18.2 Å². The molecule has 2 rings (SSSR count). The number of hydrogen-bond acceptors (Lipinski definition) is 6. The largest absolute Gasteiger partial charge is 0.497 e. The molecule has 0 saturated heterocycles. The fraction of sp³-hybridized carbons (Fsp3) is 0.294. The number of ether oxygens (including phenoxy) is 2. The molecule has 0 aliphatic carbocycles. The number of methoxy groups -OCH3 is 2. The van der Waals surface area contributed by atoms with Gasteiger partial charge >= 0.3 is 0 Å². The Bertz CT molecular complexity index is 1000. The first kappa shape index (κ1) is 21.2. The van der Waals surface area contributed by atoms with Crippen molar-refractivity contribution in [2.45, 2.75) is 16.3 Å². The standard InChI is InChI=1S/C17H22N2O6S2/c1-19(2)27(22,23)15-8-5-13(6-9-15)12-18-26(20,21)17-11-14(24-3)7-10-16(17)25-4/h5-11,18H,12H2,1-4H3. The van der Waals surface area contributed by atoms with Crippen molar-refractivity contribution in [2.75, 3.05) is 28.3 Å². The summed E-state index contributed by atoms with van der Waals surface area (Å²) in [5.41, 5.74) is 0.609. The quantitative estimate of drug-likeness (QED) is 0.701. The predicted octanol–water partition coefficient (Wildman–Crippen LogP) is 1.43. The van der Waals surface area contributed by atoms with Crippen LogP contribution in [-0.2, 0) is 26.6 Å². The summed E-state index contributed by atoms with van der Waals surface area (Å²) < 4.78 is 63.1. The molecule has 8 nitrogen and oxygen atoms in total. The zero-order chi connectivity index (χ0) is 20.2. The van der Waals surface area contributed by atoms with Crippen LogP contribution in [0.4, 0.5) is 0 Å². The lowest BCUT2D eigenvalue weighted by Crippen LogP contribution is -2.24. The molecule has 1 N–H and O–H groups in total. The van der Waals surface area contributed by atoms with Crippen molar-refractivity contribution >= 4 is 20.0 Å². The van der Waals surface area contributed by atoms with E-state index in [0.717, 1.165) is 4.31 Å². The van der Waals surface area contributed by atoms with Crippen molar-refractivity contribution < 1.29 is 26.3 Å². The third-order valence-electron chi connectivity index (χ3n) is 3.83. The number of hydrogen-bond donors (Lipinski definition) is 1. The van der Waals surface area contributed by atoms with Gasteiger partial charge in [0.05, 0.1) is 19.1 Å². The second-order valence-electron chi connectivity index (χ2n) is 5.77. The van der Waals surface area contributed by atoms with Gasteiger partial charge in [-0.05, 0) is 29.8 Å². The molecule has 0 bridgehead atoms. The molecular formula is C17H22N2O6S2. The molecule has 0 fully saturated rings. The van der Waals surface area contributed by atoms with Crippen LogP contribution in [0.5, 0.6) is 11.5 Å². The normalized spacial score (nSPS) is 12.2. The second kappa shape index (κ2) is 8.26. The molecule has 2 aromatic carbocycles. The molecule has 0 aliphatic rings. The number of rotatable bonds is 8. The van der Waals surface area contributed by atoms with Gasteiger partial charge < -0.3 is 9.47 Å². The molecule has 0 unspecified atom stereocenters. The monoisotopic (exact) mass is 414 g/mol. The van der Waals surface area contributed by atoms with Crippen molar-refractivity contribution in [3.8, 4) is 11.5 Å². The maximum atomic E-state index is 12.6. The minimum Gasteiger partial charge on any atom is -0.497 e. The zero-order valence-electron chi connectivity index (χ0n) is 15.5. The van der Waals surface area contributed by atoms with E-state index in [-0.39, 0.29) is 22.1 Å². The lowest BCUT2D eigenvalue weighted by atomic mass is 10.2. The fourth-order valence-corrected chi connectivity index (χ4v) is 4.34.